The fraction of sp³-hybridized carbons (Fsp3) is 0.467. The zero-order valence-corrected chi connectivity index (χ0v) is 12.0. The largest absolute Gasteiger partial charge is 0.479 e. The average molecular weight is 281 g/mol. The highest BCUT2D eigenvalue weighted by atomic mass is 19.1. The van der Waals surface area contributed by atoms with Crippen molar-refractivity contribution >= 4 is 11.9 Å². The molecule has 0 radical (unpaired) electrons. The van der Waals surface area contributed by atoms with Gasteiger partial charge in [0.25, 0.3) is 0 Å². The first-order valence-electron chi connectivity index (χ1n) is 6.67. The van der Waals surface area contributed by atoms with Gasteiger partial charge in [-0.1, -0.05) is 26.0 Å². The minimum absolute atomic E-state index is 0.216. The second-order valence-corrected chi connectivity index (χ2v) is 4.70. The zero-order valence-electron chi connectivity index (χ0n) is 12.0. The molecule has 20 heavy (non-hydrogen) atoms. The number of nitrogens with zero attached hydrogens (tertiary/aromatic N) is 1. The van der Waals surface area contributed by atoms with Gasteiger partial charge in [-0.2, -0.15) is 0 Å². The molecule has 0 fully saturated rings. The van der Waals surface area contributed by atoms with Gasteiger partial charge in [-0.05, 0) is 30.5 Å². The van der Waals surface area contributed by atoms with Crippen LogP contribution in [0, 0.1) is 5.82 Å². The Labute approximate surface area is 118 Å². The lowest BCUT2D eigenvalue weighted by molar-refractivity contribution is -0.160. The van der Waals surface area contributed by atoms with Crippen LogP contribution < -0.4 is 0 Å². The van der Waals surface area contributed by atoms with Gasteiger partial charge >= 0.3 is 5.97 Å². The molecule has 0 spiro atoms. The van der Waals surface area contributed by atoms with Gasteiger partial charge in [0, 0.05) is 13.5 Å². The number of aliphatic carboxylic acids is 1. The van der Waals surface area contributed by atoms with Gasteiger partial charge in [-0.3, -0.25) is 4.79 Å². The number of halogens is 1. The molecule has 0 aliphatic heterocycles. The van der Waals surface area contributed by atoms with Crippen molar-refractivity contribution in [3.63, 3.8) is 0 Å². The van der Waals surface area contributed by atoms with Crippen molar-refractivity contribution in [2.24, 2.45) is 0 Å². The number of carbonyl (C=O) groups excluding carboxylic acids is 1. The number of hydrogen-bond acceptors (Lipinski definition) is 2. The summed E-state index contributed by atoms with van der Waals surface area (Å²) in [7, 11) is 0. The number of carboxylic acids is 1. The molecule has 4 nitrogen and oxygen atoms in total. The lowest BCUT2D eigenvalue weighted by Crippen LogP contribution is -2.54. The molecule has 0 saturated heterocycles. The van der Waals surface area contributed by atoms with Crippen molar-refractivity contribution < 1.29 is 19.1 Å². The summed E-state index contributed by atoms with van der Waals surface area (Å²) in [5.41, 5.74) is -1.03. The Morgan fingerprint density at radius 3 is 2.15 bits per heavy atom. The van der Waals surface area contributed by atoms with Gasteiger partial charge in [0.05, 0.1) is 0 Å². The Morgan fingerprint density at radius 1 is 1.25 bits per heavy atom. The van der Waals surface area contributed by atoms with Gasteiger partial charge in [0.15, 0.2) is 5.54 Å². The van der Waals surface area contributed by atoms with Crippen LogP contribution >= 0.6 is 0 Å². The van der Waals surface area contributed by atoms with Crippen molar-refractivity contribution in [1.29, 1.82) is 0 Å². The summed E-state index contributed by atoms with van der Waals surface area (Å²) >= 11 is 0. The Kier molecular flexibility index (Phi) is 5.25. The molecule has 0 heterocycles. The van der Waals surface area contributed by atoms with Crippen molar-refractivity contribution in [3.05, 3.63) is 35.6 Å². The van der Waals surface area contributed by atoms with Gasteiger partial charge < -0.3 is 10.0 Å². The lowest BCUT2D eigenvalue weighted by Gasteiger charge is -2.40. The molecule has 1 rings (SSSR count). The second-order valence-electron chi connectivity index (χ2n) is 4.70. The van der Waals surface area contributed by atoms with Crippen LogP contribution in [-0.2, 0) is 15.1 Å². The van der Waals surface area contributed by atoms with E-state index in [9.17, 15) is 19.1 Å². The molecule has 5 heteroatoms. The highest BCUT2D eigenvalue weighted by Crippen LogP contribution is 2.33. The van der Waals surface area contributed by atoms with Gasteiger partial charge in [-0.15, -0.1) is 0 Å². The third-order valence-corrected chi connectivity index (χ3v) is 3.48. The first-order valence-corrected chi connectivity index (χ1v) is 6.67. The van der Waals surface area contributed by atoms with Crippen molar-refractivity contribution in [1.82, 2.24) is 4.90 Å². The molecule has 1 N–H and O–H groups in total. The first-order chi connectivity index (χ1) is 9.40. The van der Waals surface area contributed by atoms with Gasteiger partial charge in [0.2, 0.25) is 5.91 Å². The standard InChI is InChI=1S/C15H20FNO3/c1-4-10-17(11(3)18)15(5-2,14(19)20)12-6-8-13(16)9-7-12/h6-9H,4-5,10H2,1-3H3,(H,19,20). The van der Waals surface area contributed by atoms with Crippen molar-refractivity contribution in [2.45, 2.75) is 39.2 Å². The smallest absolute Gasteiger partial charge is 0.334 e. The predicted octanol–water partition coefficient (Wildman–Crippen LogP) is 2.77. The van der Waals surface area contributed by atoms with Gasteiger partial charge in [0.1, 0.15) is 5.82 Å². The van der Waals surface area contributed by atoms with E-state index in [2.05, 4.69) is 0 Å². The molecular formula is C15H20FNO3. The lowest BCUT2D eigenvalue weighted by atomic mass is 9.85. The Morgan fingerprint density at radius 2 is 1.80 bits per heavy atom. The predicted molar refractivity (Wildman–Crippen MR) is 73.7 cm³/mol. The highest BCUT2D eigenvalue weighted by molar-refractivity contribution is 5.87. The summed E-state index contributed by atoms with van der Waals surface area (Å²) in [5, 5.41) is 9.70. The van der Waals surface area contributed by atoms with Crippen molar-refractivity contribution in [2.75, 3.05) is 6.54 Å². The van der Waals surface area contributed by atoms with Crippen LogP contribution in [-0.4, -0.2) is 28.4 Å². The molecule has 0 saturated carbocycles. The molecule has 0 aromatic heterocycles. The van der Waals surface area contributed by atoms with Crippen LogP contribution in [0.15, 0.2) is 24.3 Å². The monoisotopic (exact) mass is 281 g/mol. The number of amides is 1. The van der Waals surface area contributed by atoms with Crippen LogP contribution in [0.5, 0.6) is 0 Å². The van der Waals surface area contributed by atoms with Crippen LogP contribution in [0.4, 0.5) is 4.39 Å². The SMILES string of the molecule is CCCN(C(C)=O)C(CC)(C(=O)O)c1ccc(F)cc1. The Balaban J connectivity index is 3.44. The summed E-state index contributed by atoms with van der Waals surface area (Å²) in [6.07, 6.45) is 0.864. The number of hydrogen-bond donors (Lipinski definition) is 1. The zero-order chi connectivity index (χ0) is 15.3. The average Bonchev–Trinajstić information content (AvgIpc) is 2.40. The van der Waals surface area contributed by atoms with E-state index in [1.165, 1.54) is 36.1 Å². The van der Waals surface area contributed by atoms with E-state index >= 15 is 0 Å². The maximum Gasteiger partial charge on any atom is 0.334 e. The molecule has 1 unspecified atom stereocenters. The van der Waals surface area contributed by atoms with E-state index in [0.29, 0.717) is 18.5 Å². The highest BCUT2D eigenvalue weighted by Gasteiger charge is 2.45. The molecule has 1 aromatic carbocycles. The Hall–Kier alpha value is -1.91. The summed E-state index contributed by atoms with van der Waals surface area (Å²) in [6.45, 7) is 5.28. The molecular weight excluding hydrogens is 261 g/mol. The quantitative estimate of drug-likeness (QED) is 0.872. The number of benzene rings is 1. The fourth-order valence-electron chi connectivity index (χ4n) is 2.51. The Bertz CT molecular complexity index is 486. The minimum Gasteiger partial charge on any atom is -0.479 e. The molecule has 0 bridgehead atoms. The van der Waals surface area contributed by atoms with Crippen LogP contribution in [0.1, 0.15) is 39.2 Å². The molecule has 110 valence electrons. The maximum atomic E-state index is 13.1. The summed E-state index contributed by atoms with van der Waals surface area (Å²) in [6, 6.07) is 5.29. The van der Waals surface area contributed by atoms with Gasteiger partial charge in [-0.25, -0.2) is 9.18 Å². The molecule has 1 aromatic rings. The van der Waals surface area contributed by atoms with E-state index in [1.54, 1.807) is 6.92 Å². The topological polar surface area (TPSA) is 57.6 Å². The summed E-state index contributed by atoms with van der Waals surface area (Å²) in [5.74, 6) is -1.84. The van der Waals surface area contributed by atoms with E-state index < -0.39 is 17.3 Å². The molecule has 0 aliphatic carbocycles. The molecule has 1 amide bonds. The normalized spacial score (nSPS) is 13.6. The third kappa shape index (κ3) is 2.81. The van der Waals surface area contributed by atoms with Crippen LogP contribution in [0.25, 0.3) is 0 Å². The molecule has 0 aliphatic rings. The van der Waals surface area contributed by atoms with E-state index in [4.69, 9.17) is 0 Å². The summed E-state index contributed by atoms with van der Waals surface area (Å²) < 4.78 is 13.1. The van der Waals surface area contributed by atoms with E-state index in [1.807, 2.05) is 6.92 Å². The number of carbonyl (C=O) groups is 2. The van der Waals surface area contributed by atoms with Crippen LogP contribution in [0.3, 0.4) is 0 Å². The third-order valence-electron chi connectivity index (χ3n) is 3.48. The number of rotatable bonds is 6. The van der Waals surface area contributed by atoms with Crippen LogP contribution in [0.2, 0.25) is 0 Å². The minimum atomic E-state index is -1.45. The maximum absolute atomic E-state index is 13.1. The van der Waals surface area contributed by atoms with Crippen molar-refractivity contribution in [3.8, 4) is 0 Å². The summed E-state index contributed by atoms with van der Waals surface area (Å²) in [4.78, 5) is 25.1. The first kappa shape index (κ1) is 16.1. The van der Waals surface area contributed by atoms with E-state index in [0.717, 1.165) is 0 Å². The molecule has 1 atom stereocenters. The number of carboxylic acid groups (broad SMARTS) is 1. The fourth-order valence-corrected chi connectivity index (χ4v) is 2.51. The second kappa shape index (κ2) is 6.50. The van der Waals surface area contributed by atoms with E-state index in [-0.39, 0.29) is 12.3 Å².